The Kier molecular flexibility index (Phi) is 7.72. The van der Waals surface area contributed by atoms with Gasteiger partial charge >= 0.3 is 6.03 Å². The van der Waals surface area contributed by atoms with E-state index in [0.717, 1.165) is 22.9 Å². The van der Waals surface area contributed by atoms with Gasteiger partial charge < -0.3 is 5.32 Å². The number of thioether (sulfide) groups is 1. The van der Waals surface area contributed by atoms with Gasteiger partial charge in [-0.2, -0.15) is 4.31 Å². The summed E-state index contributed by atoms with van der Waals surface area (Å²) in [5.74, 6) is -0.625. The standard InChI is InChI=1S/C21H26N6O4S2/c1-5-26(6-2)33(30,31)16-10-11-18-24-25-21(27(18)12-16)32-13-19(28)23-20(29)22-17-9-7-8-14(3)15(17)4/h7-12H,5-6,13H2,1-4H3,(H2,22,23,28,29). The maximum atomic E-state index is 12.8. The van der Waals surface area contributed by atoms with Gasteiger partial charge in [0.1, 0.15) is 0 Å². The van der Waals surface area contributed by atoms with E-state index in [1.54, 1.807) is 26.0 Å². The van der Waals surface area contributed by atoms with Gasteiger partial charge in [0, 0.05) is 25.0 Å². The quantitative estimate of drug-likeness (QED) is 0.465. The maximum absolute atomic E-state index is 12.8. The van der Waals surface area contributed by atoms with E-state index in [0.29, 0.717) is 29.6 Å². The number of carbonyl (C=O) groups excluding carboxylic acids is 2. The second kappa shape index (κ2) is 10.3. The number of anilines is 1. The van der Waals surface area contributed by atoms with Crippen LogP contribution in [0, 0.1) is 13.8 Å². The van der Waals surface area contributed by atoms with E-state index in [9.17, 15) is 18.0 Å². The van der Waals surface area contributed by atoms with E-state index < -0.39 is 22.0 Å². The van der Waals surface area contributed by atoms with E-state index in [4.69, 9.17) is 0 Å². The third kappa shape index (κ3) is 5.52. The number of sulfonamides is 1. The Balaban J connectivity index is 1.68. The topological polar surface area (TPSA) is 126 Å². The van der Waals surface area contributed by atoms with Crippen LogP contribution < -0.4 is 10.6 Å². The van der Waals surface area contributed by atoms with Gasteiger partial charge in [-0.3, -0.25) is 14.5 Å². The maximum Gasteiger partial charge on any atom is 0.325 e. The lowest BCUT2D eigenvalue weighted by atomic mass is 10.1. The van der Waals surface area contributed by atoms with Crippen molar-refractivity contribution in [3.63, 3.8) is 0 Å². The second-order valence-electron chi connectivity index (χ2n) is 7.20. The molecule has 0 fully saturated rings. The Morgan fingerprint density at radius 1 is 1.09 bits per heavy atom. The molecule has 3 rings (SSSR count). The minimum atomic E-state index is -3.66. The molecule has 12 heteroatoms. The van der Waals surface area contributed by atoms with Crippen LogP contribution >= 0.6 is 11.8 Å². The highest BCUT2D eigenvalue weighted by molar-refractivity contribution is 7.99. The number of benzene rings is 1. The third-order valence-corrected chi connectivity index (χ3v) is 8.10. The highest BCUT2D eigenvalue weighted by atomic mass is 32.2. The molecule has 10 nitrogen and oxygen atoms in total. The van der Waals surface area contributed by atoms with Crippen LogP contribution in [0.1, 0.15) is 25.0 Å². The van der Waals surface area contributed by atoms with Crippen LogP contribution in [0.3, 0.4) is 0 Å². The highest BCUT2D eigenvalue weighted by Gasteiger charge is 2.23. The van der Waals surface area contributed by atoms with Gasteiger partial charge in [-0.05, 0) is 43.2 Å². The summed E-state index contributed by atoms with van der Waals surface area (Å²) < 4.78 is 28.5. The van der Waals surface area contributed by atoms with Gasteiger partial charge in [0.25, 0.3) is 0 Å². The fourth-order valence-electron chi connectivity index (χ4n) is 3.15. The monoisotopic (exact) mass is 490 g/mol. The predicted molar refractivity (Wildman–Crippen MR) is 127 cm³/mol. The molecule has 0 saturated heterocycles. The van der Waals surface area contributed by atoms with Crippen molar-refractivity contribution >= 4 is 45.1 Å². The first-order chi connectivity index (χ1) is 15.7. The molecule has 0 radical (unpaired) electrons. The van der Waals surface area contributed by atoms with E-state index >= 15 is 0 Å². The SMILES string of the molecule is CCN(CC)S(=O)(=O)c1ccc2nnc(SCC(=O)NC(=O)Nc3cccc(C)c3C)n2c1. The number of hydrogen-bond donors (Lipinski definition) is 2. The number of amides is 3. The van der Waals surface area contributed by atoms with Crippen molar-refractivity contribution in [3.8, 4) is 0 Å². The molecule has 0 bridgehead atoms. The molecule has 2 heterocycles. The smallest absolute Gasteiger partial charge is 0.307 e. The lowest BCUT2D eigenvalue weighted by Gasteiger charge is -2.18. The van der Waals surface area contributed by atoms with Crippen LogP contribution in [0.2, 0.25) is 0 Å². The van der Waals surface area contributed by atoms with Crippen LogP contribution in [0.4, 0.5) is 10.5 Å². The summed E-state index contributed by atoms with van der Waals surface area (Å²) in [4.78, 5) is 24.6. The Labute approximate surface area is 196 Å². The van der Waals surface area contributed by atoms with Gasteiger partial charge in [-0.25, -0.2) is 13.2 Å². The van der Waals surface area contributed by atoms with Crippen LogP contribution in [0.25, 0.3) is 5.65 Å². The molecule has 1 aromatic carbocycles. The summed E-state index contributed by atoms with van der Waals surface area (Å²) >= 11 is 1.05. The molecule has 0 aliphatic rings. The molecule has 2 aromatic heterocycles. The van der Waals surface area contributed by atoms with Crippen molar-refractivity contribution in [2.45, 2.75) is 37.7 Å². The van der Waals surface area contributed by atoms with Gasteiger partial charge in [0.05, 0.1) is 10.6 Å². The number of fused-ring (bicyclic) bond motifs is 1. The predicted octanol–water partition coefficient (Wildman–Crippen LogP) is 2.82. The number of imide groups is 1. The first kappa shape index (κ1) is 24.7. The first-order valence-electron chi connectivity index (χ1n) is 10.3. The van der Waals surface area contributed by atoms with Gasteiger partial charge in [-0.1, -0.05) is 37.7 Å². The average Bonchev–Trinajstić information content (AvgIpc) is 3.18. The van der Waals surface area contributed by atoms with E-state index in [1.807, 2.05) is 26.0 Å². The first-order valence-corrected chi connectivity index (χ1v) is 12.7. The van der Waals surface area contributed by atoms with Crippen molar-refractivity contribution in [2.24, 2.45) is 0 Å². The zero-order chi connectivity index (χ0) is 24.2. The molecule has 0 aliphatic heterocycles. The molecule has 0 aliphatic carbocycles. The highest BCUT2D eigenvalue weighted by Crippen LogP contribution is 2.21. The fourth-order valence-corrected chi connectivity index (χ4v) is 5.32. The molecular formula is C21H26N6O4S2. The zero-order valence-corrected chi connectivity index (χ0v) is 20.5. The summed E-state index contributed by atoms with van der Waals surface area (Å²) in [7, 11) is -3.66. The van der Waals surface area contributed by atoms with Crippen molar-refractivity contribution in [3.05, 3.63) is 47.7 Å². The number of carbonyl (C=O) groups is 2. The van der Waals surface area contributed by atoms with Crippen molar-refractivity contribution < 1.29 is 18.0 Å². The molecule has 0 saturated carbocycles. The van der Waals surface area contributed by atoms with Crippen LogP contribution in [0.15, 0.2) is 46.6 Å². The number of pyridine rings is 1. The second-order valence-corrected chi connectivity index (χ2v) is 10.1. The van der Waals surface area contributed by atoms with Gasteiger partial charge in [0.2, 0.25) is 15.9 Å². The fraction of sp³-hybridized carbons (Fsp3) is 0.333. The van der Waals surface area contributed by atoms with E-state index in [2.05, 4.69) is 20.8 Å². The van der Waals surface area contributed by atoms with Gasteiger partial charge in [-0.15, -0.1) is 10.2 Å². The lowest BCUT2D eigenvalue weighted by Crippen LogP contribution is -2.35. The summed E-state index contributed by atoms with van der Waals surface area (Å²) in [5, 5.41) is 13.3. The molecular weight excluding hydrogens is 464 g/mol. The Morgan fingerprint density at radius 3 is 2.52 bits per heavy atom. The molecule has 3 amide bonds. The summed E-state index contributed by atoms with van der Waals surface area (Å²) in [6.07, 6.45) is 1.44. The number of nitrogens with zero attached hydrogens (tertiary/aromatic N) is 4. The number of nitrogens with one attached hydrogen (secondary N) is 2. The minimum Gasteiger partial charge on any atom is -0.307 e. The largest absolute Gasteiger partial charge is 0.325 e. The number of rotatable bonds is 8. The summed E-state index contributed by atoms with van der Waals surface area (Å²) in [6, 6.07) is 7.92. The van der Waals surface area contributed by atoms with Gasteiger partial charge in [0.15, 0.2) is 10.8 Å². The Hall–Kier alpha value is -2.96. The lowest BCUT2D eigenvalue weighted by molar-refractivity contribution is -0.117. The van der Waals surface area contributed by atoms with Crippen molar-refractivity contribution in [1.82, 2.24) is 24.2 Å². The minimum absolute atomic E-state index is 0.103. The van der Waals surface area contributed by atoms with E-state index in [1.165, 1.54) is 21.0 Å². The Morgan fingerprint density at radius 2 is 1.82 bits per heavy atom. The van der Waals surface area contributed by atoms with Crippen molar-refractivity contribution in [2.75, 3.05) is 24.2 Å². The number of aryl methyl sites for hydroxylation is 1. The molecule has 33 heavy (non-hydrogen) atoms. The molecule has 0 atom stereocenters. The molecule has 0 unspecified atom stereocenters. The third-order valence-electron chi connectivity index (χ3n) is 5.13. The van der Waals surface area contributed by atoms with E-state index in [-0.39, 0.29) is 10.6 Å². The molecule has 176 valence electrons. The molecule has 2 N–H and O–H groups in total. The zero-order valence-electron chi connectivity index (χ0n) is 18.8. The normalized spacial score (nSPS) is 11.7. The summed E-state index contributed by atoms with van der Waals surface area (Å²) in [5.41, 5.74) is 3.01. The molecule has 0 spiro atoms. The average molecular weight is 491 g/mol. The molecule has 3 aromatic rings. The van der Waals surface area contributed by atoms with Crippen LogP contribution in [0.5, 0.6) is 0 Å². The summed E-state index contributed by atoms with van der Waals surface area (Å²) in [6.45, 7) is 8.06. The Bertz CT molecular complexity index is 1290. The number of hydrogen-bond acceptors (Lipinski definition) is 7. The van der Waals surface area contributed by atoms with Crippen LogP contribution in [-0.4, -0.2) is 58.1 Å². The number of aromatic nitrogens is 3. The van der Waals surface area contributed by atoms with Crippen LogP contribution in [-0.2, 0) is 14.8 Å². The number of urea groups is 1. The van der Waals surface area contributed by atoms with Crippen molar-refractivity contribution in [1.29, 1.82) is 0 Å².